The number of piperazine rings is 1. The molecule has 0 saturated carbocycles. The van der Waals surface area contributed by atoms with Gasteiger partial charge in [0.1, 0.15) is 5.82 Å². The summed E-state index contributed by atoms with van der Waals surface area (Å²) in [7, 11) is 0. The zero-order valence-corrected chi connectivity index (χ0v) is 36.9. The number of urea groups is 1. The Bertz CT molecular complexity index is 2690. The molecule has 6 aromatic rings. The van der Waals surface area contributed by atoms with E-state index in [-0.39, 0.29) is 42.0 Å². The summed E-state index contributed by atoms with van der Waals surface area (Å²) in [6.45, 7) is 16.5. The van der Waals surface area contributed by atoms with Crippen LogP contribution in [0.2, 0.25) is 0 Å². The Kier molecular flexibility index (Phi) is 11.6. The molecule has 1 atom stereocenters. The third-order valence-electron chi connectivity index (χ3n) is 12.7. The quantitative estimate of drug-likeness (QED) is 0.126. The summed E-state index contributed by atoms with van der Waals surface area (Å²) in [5.74, 6) is -0.0530. The number of nitrogens with one attached hydrogen (secondary N) is 3. The first-order valence-corrected chi connectivity index (χ1v) is 22.1. The Hall–Kier alpha value is -6.68. The van der Waals surface area contributed by atoms with Crippen LogP contribution in [-0.2, 0) is 10.2 Å². The van der Waals surface area contributed by atoms with E-state index < -0.39 is 11.9 Å². The molecule has 3 N–H and O–H groups in total. The number of carbonyl (C=O) groups is 3. The van der Waals surface area contributed by atoms with Gasteiger partial charge in [0.05, 0.1) is 23.1 Å². The summed E-state index contributed by atoms with van der Waals surface area (Å²) in [5.41, 5.74) is 8.73. The van der Waals surface area contributed by atoms with Crippen molar-refractivity contribution in [1.82, 2.24) is 40.9 Å². The molecule has 0 spiro atoms. The molecule has 3 aromatic heterocycles. The number of H-pyrrole nitrogens is 1. The van der Waals surface area contributed by atoms with Crippen LogP contribution in [0.25, 0.3) is 33.4 Å². The number of imide groups is 1. The highest BCUT2D eigenvalue weighted by Crippen LogP contribution is 2.36. The standard InChI is InChI=1S/C48H54FN11O4/c1-29-24-33(8-12-37(29)30(2)51-45(62)44-53-46(64-56-44)48(3,4)5)42-38-25-34(27-50-43(38)55-54-42)32-6-10-36(11-7-32)58-22-20-57(21-23-58)28-31-14-17-59(18-15-31)40-26-35(49)9-13-39(40)60-19-16-41(61)52-47(60)63/h6-13,24-27,30-31H,14-23,28H2,1-5H3,(H,51,62)(H,50,54,55)(H,52,61,63)/t30-/m1/s1. The van der Waals surface area contributed by atoms with Crippen LogP contribution in [0.3, 0.4) is 0 Å². The molecule has 3 aliphatic heterocycles. The molecule has 3 saturated heterocycles. The van der Waals surface area contributed by atoms with Crippen LogP contribution in [0.15, 0.2) is 77.4 Å². The Morgan fingerprint density at radius 1 is 0.891 bits per heavy atom. The lowest BCUT2D eigenvalue weighted by Crippen LogP contribution is -2.50. The summed E-state index contributed by atoms with van der Waals surface area (Å²) in [6, 6.07) is 20.8. The van der Waals surface area contributed by atoms with Crippen LogP contribution < -0.4 is 25.3 Å². The molecule has 15 nitrogen and oxygen atoms in total. The maximum Gasteiger partial charge on any atom is 0.328 e. The smallest absolute Gasteiger partial charge is 0.328 e. The lowest BCUT2D eigenvalue weighted by molar-refractivity contribution is -0.120. The second-order valence-corrected chi connectivity index (χ2v) is 18.3. The lowest BCUT2D eigenvalue weighted by Gasteiger charge is -2.41. The fraction of sp³-hybridized carbons (Fsp3) is 0.396. The van der Waals surface area contributed by atoms with Crippen LogP contribution in [0.1, 0.15) is 80.6 Å². The maximum absolute atomic E-state index is 14.5. The van der Waals surface area contributed by atoms with E-state index in [0.717, 1.165) is 97.6 Å². The van der Waals surface area contributed by atoms with Crippen molar-refractivity contribution in [3.8, 4) is 22.4 Å². The molecule has 3 aliphatic rings. The number of hydrogen-bond acceptors (Lipinski definition) is 11. The second-order valence-electron chi connectivity index (χ2n) is 18.3. The van der Waals surface area contributed by atoms with Gasteiger partial charge in [0.2, 0.25) is 11.8 Å². The number of hydrogen-bond donors (Lipinski definition) is 3. The average Bonchev–Trinajstić information content (AvgIpc) is 3.96. The van der Waals surface area contributed by atoms with E-state index in [9.17, 15) is 18.8 Å². The summed E-state index contributed by atoms with van der Waals surface area (Å²) < 4.78 is 19.8. The van der Waals surface area contributed by atoms with Gasteiger partial charge in [-0.05, 0) is 91.8 Å². The number of aromatic amines is 1. The monoisotopic (exact) mass is 867 g/mol. The number of carbonyl (C=O) groups excluding carboxylic acids is 3. The van der Waals surface area contributed by atoms with Gasteiger partial charge in [-0.15, -0.1) is 0 Å². The number of pyridine rings is 1. The molecule has 332 valence electrons. The Morgan fingerprint density at radius 2 is 1.64 bits per heavy atom. The number of amides is 4. The van der Waals surface area contributed by atoms with Gasteiger partial charge in [0.15, 0.2) is 5.65 Å². The molecule has 4 amide bonds. The van der Waals surface area contributed by atoms with E-state index in [2.05, 4.69) is 82.1 Å². The molecule has 9 rings (SSSR count). The largest absolute Gasteiger partial charge is 0.370 e. The molecule has 0 radical (unpaired) electrons. The van der Waals surface area contributed by atoms with Crippen molar-refractivity contribution in [2.24, 2.45) is 5.92 Å². The highest BCUT2D eigenvalue weighted by molar-refractivity contribution is 6.07. The molecular weight excluding hydrogens is 814 g/mol. The summed E-state index contributed by atoms with van der Waals surface area (Å²) >= 11 is 0. The number of aryl methyl sites for hydroxylation is 1. The van der Waals surface area contributed by atoms with E-state index in [0.29, 0.717) is 28.8 Å². The van der Waals surface area contributed by atoms with Crippen molar-refractivity contribution in [3.05, 3.63) is 102 Å². The first-order valence-electron chi connectivity index (χ1n) is 22.1. The van der Waals surface area contributed by atoms with Gasteiger partial charge in [-0.2, -0.15) is 10.1 Å². The van der Waals surface area contributed by atoms with Gasteiger partial charge in [-0.1, -0.05) is 50.2 Å². The predicted molar refractivity (Wildman–Crippen MR) is 244 cm³/mol. The number of fused-ring (bicyclic) bond motifs is 1. The van der Waals surface area contributed by atoms with Crippen molar-refractivity contribution in [2.75, 3.05) is 67.1 Å². The molecular formula is C48H54FN11O4. The first-order chi connectivity index (χ1) is 30.8. The Balaban J connectivity index is 0.787. The minimum absolute atomic E-state index is 0.0161. The van der Waals surface area contributed by atoms with Crippen molar-refractivity contribution in [3.63, 3.8) is 0 Å². The first kappa shape index (κ1) is 42.6. The molecule has 0 bridgehead atoms. The number of piperidine rings is 1. The number of anilines is 3. The number of nitrogens with zero attached hydrogens (tertiary/aromatic N) is 8. The van der Waals surface area contributed by atoms with Crippen LogP contribution in [-0.4, -0.2) is 100 Å². The average molecular weight is 868 g/mol. The summed E-state index contributed by atoms with van der Waals surface area (Å²) in [6.07, 6.45) is 4.06. The third-order valence-corrected chi connectivity index (χ3v) is 12.7. The van der Waals surface area contributed by atoms with E-state index >= 15 is 0 Å². The maximum atomic E-state index is 14.5. The van der Waals surface area contributed by atoms with Gasteiger partial charge in [0, 0.05) is 92.6 Å². The van der Waals surface area contributed by atoms with E-state index in [1.165, 1.54) is 17.8 Å². The van der Waals surface area contributed by atoms with Crippen LogP contribution in [0, 0.1) is 18.7 Å². The van der Waals surface area contributed by atoms with Gasteiger partial charge >= 0.3 is 6.03 Å². The van der Waals surface area contributed by atoms with Gasteiger partial charge in [-0.25, -0.2) is 14.2 Å². The van der Waals surface area contributed by atoms with Crippen LogP contribution in [0.5, 0.6) is 0 Å². The van der Waals surface area contributed by atoms with Crippen LogP contribution >= 0.6 is 0 Å². The molecule has 3 fully saturated rings. The normalized spacial score (nSPS) is 17.2. The van der Waals surface area contributed by atoms with Gasteiger partial charge in [-0.3, -0.25) is 29.8 Å². The highest BCUT2D eigenvalue weighted by Gasteiger charge is 2.31. The molecule has 3 aromatic carbocycles. The number of rotatable bonds is 10. The van der Waals surface area contributed by atoms with E-state index in [1.807, 2.05) is 52.9 Å². The number of halogens is 1. The zero-order valence-electron chi connectivity index (χ0n) is 36.9. The third kappa shape index (κ3) is 8.91. The second kappa shape index (κ2) is 17.5. The van der Waals surface area contributed by atoms with Gasteiger partial charge in [0.25, 0.3) is 11.7 Å². The van der Waals surface area contributed by atoms with Crippen molar-refractivity contribution in [1.29, 1.82) is 0 Å². The topological polar surface area (TPSA) is 169 Å². The Labute approximate surface area is 371 Å². The summed E-state index contributed by atoms with van der Waals surface area (Å²) in [4.78, 5) is 55.0. The zero-order chi connectivity index (χ0) is 44.7. The molecule has 64 heavy (non-hydrogen) atoms. The lowest BCUT2D eigenvalue weighted by atomic mass is 9.95. The van der Waals surface area contributed by atoms with Crippen molar-refractivity contribution in [2.45, 2.75) is 65.3 Å². The molecule has 0 aliphatic carbocycles. The molecule has 0 unspecified atom stereocenters. The summed E-state index contributed by atoms with van der Waals surface area (Å²) in [5, 5.41) is 17.9. The van der Waals surface area contributed by atoms with Crippen molar-refractivity contribution >= 4 is 45.9 Å². The van der Waals surface area contributed by atoms with Crippen molar-refractivity contribution < 1.29 is 23.3 Å². The fourth-order valence-corrected chi connectivity index (χ4v) is 9.10. The number of benzene rings is 3. The number of aromatic nitrogens is 5. The van der Waals surface area contributed by atoms with Crippen LogP contribution in [0.4, 0.5) is 26.2 Å². The molecule has 6 heterocycles. The fourth-order valence-electron chi connectivity index (χ4n) is 9.10. The Morgan fingerprint density at radius 3 is 2.34 bits per heavy atom. The highest BCUT2D eigenvalue weighted by atomic mass is 19.1. The minimum atomic E-state index is -0.460. The predicted octanol–water partition coefficient (Wildman–Crippen LogP) is 7.40. The van der Waals surface area contributed by atoms with E-state index in [1.54, 1.807) is 11.0 Å². The molecule has 16 heteroatoms. The van der Waals surface area contributed by atoms with E-state index in [4.69, 9.17) is 9.51 Å². The van der Waals surface area contributed by atoms with Gasteiger partial charge < -0.3 is 19.6 Å². The minimum Gasteiger partial charge on any atom is -0.370 e. The SMILES string of the molecule is Cc1cc(-c2[nH]nc3ncc(-c4ccc(N5CCN(CC6CCN(c7cc(F)ccc7N7CCC(=O)NC7=O)CC6)CC5)cc4)cc23)ccc1[C@@H](C)NC(=O)c1noc(C(C)(C)C)n1.